The van der Waals surface area contributed by atoms with Crippen molar-refractivity contribution in [2.24, 2.45) is 14.1 Å². The second-order valence-electron chi connectivity index (χ2n) is 11.0. The molecule has 40 heavy (non-hydrogen) atoms. The van der Waals surface area contributed by atoms with Crippen LogP contribution in [0.15, 0.2) is 71.9 Å². The summed E-state index contributed by atoms with van der Waals surface area (Å²) in [7, 11) is 2.87. The van der Waals surface area contributed by atoms with Crippen LogP contribution in [0.1, 0.15) is 49.9 Å². The SMILES string of the molecule is CC(C)c1nc2nn(C)cc2cc1-c1nc(-c2cccc3nn(C[S@@](=O)c4ccccc4)cc23)c(C2CC2)n1C. The highest BCUT2D eigenvalue weighted by molar-refractivity contribution is 7.84. The molecule has 202 valence electrons. The molecule has 4 heterocycles. The molecule has 8 nitrogen and oxygen atoms in total. The van der Waals surface area contributed by atoms with Crippen LogP contribution in [0.25, 0.3) is 44.6 Å². The largest absolute Gasteiger partial charge is 0.330 e. The molecule has 0 radical (unpaired) electrons. The minimum atomic E-state index is -1.19. The normalized spacial score (nSPS) is 14.5. The van der Waals surface area contributed by atoms with Crippen LogP contribution in [0.3, 0.4) is 0 Å². The zero-order chi connectivity index (χ0) is 27.5. The van der Waals surface area contributed by atoms with Gasteiger partial charge in [0.25, 0.3) is 0 Å². The minimum Gasteiger partial charge on any atom is -0.330 e. The van der Waals surface area contributed by atoms with Crippen molar-refractivity contribution in [3.05, 3.63) is 78.4 Å². The van der Waals surface area contributed by atoms with Gasteiger partial charge < -0.3 is 4.57 Å². The average molecular weight is 550 g/mol. The van der Waals surface area contributed by atoms with Crippen LogP contribution in [0.2, 0.25) is 0 Å². The maximum absolute atomic E-state index is 13.0. The van der Waals surface area contributed by atoms with Gasteiger partial charge in [0.1, 0.15) is 11.7 Å². The zero-order valence-electron chi connectivity index (χ0n) is 23.1. The number of hydrogen-bond donors (Lipinski definition) is 0. The minimum absolute atomic E-state index is 0.220. The summed E-state index contributed by atoms with van der Waals surface area (Å²) in [5, 5.41) is 11.4. The number of aromatic nitrogens is 7. The topological polar surface area (TPSA) is 83.4 Å². The van der Waals surface area contributed by atoms with Gasteiger partial charge in [0.15, 0.2) is 5.65 Å². The first-order valence-electron chi connectivity index (χ1n) is 13.7. The summed E-state index contributed by atoms with van der Waals surface area (Å²) in [6.07, 6.45) is 6.35. The van der Waals surface area contributed by atoms with Gasteiger partial charge in [0, 0.05) is 64.9 Å². The van der Waals surface area contributed by atoms with Gasteiger partial charge in [-0.25, -0.2) is 9.97 Å². The summed E-state index contributed by atoms with van der Waals surface area (Å²) in [5.41, 5.74) is 6.99. The van der Waals surface area contributed by atoms with Crippen LogP contribution >= 0.6 is 0 Å². The molecule has 9 heteroatoms. The molecular formula is C31H31N7OS. The van der Waals surface area contributed by atoms with Gasteiger partial charge in [-0.05, 0) is 43.0 Å². The fourth-order valence-corrected chi connectivity index (χ4v) is 6.59. The first-order valence-corrected chi connectivity index (χ1v) is 15.0. The number of nitrogens with zero attached hydrogens (tertiary/aromatic N) is 7. The number of imidazole rings is 1. The molecule has 0 amide bonds. The van der Waals surface area contributed by atoms with Gasteiger partial charge >= 0.3 is 0 Å². The molecule has 4 aromatic heterocycles. The molecule has 1 fully saturated rings. The fraction of sp³-hybridized carbons (Fsp3) is 0.290. The van der Waals surface area contributed by atoms with Crippen molar-refractivity contribution in [2.45, 2.75) is 49.3 Å². The third-order valence-corrected chi connectivity index (χ3v) is 8.94. The number of rotatable bonds is 7. The first-order chi connectivity index (χ1) is 19.4. The predicted octanol–water partition coefficient (Wildman–Crippen LogP) is 6.15. The van der Waals surface area contributed by atoms with Crippen LogP contribution in [-0.4, -0.2) is 38.3 Å². The van der Waals surface area contributed by atoms with Gasteiger partial charge in [-0.3, -0.25) is 13.6 Å². The predicted molar refractivity (Wildman–Crippen MR) is 158 cm³/mol. The molecule has 7 rings (SSSR count). The third-order valence-electron chi connectivity index (χ3n) is 7.64. The Morgan fingerprint density at radius 1 is 0.950 bits per heavy atom. The third kappa shape index (κ3) is 4.25. The lowest BCUT2D eigenvalue weighted by Gasteiger charge is -2.12. The van der Waals surface area contributed by atoms with E-state index in [2.05, 4.69) is 42.7 Å². The molecule has 2 aromatic carbocycles. The molecule has 6 aromatic rings. The number of aryl methyl sites for hydroxylation is 1. The first kappa shape index (κ1) is 24.9. The molecular weight excluding hydrogens is 518 g/mol. The lowest BCUT2D eigenvalue weighted by molar-refractivity contribution is 0.661. The van der Waals surface area contributed by atoms with E-state index in [1.54, 1.807) is 4.68 Å². The second-order valence-corrected chi connectivity index (χ2v) is 12.4. The molecule has 1 saturated carbocycles. The smallest absolute Gasteiger partial charge is 0.181 e. The van der Waals surface area contributed by atoms with Crippen molar-refractivity contribution in [2.75, 3.05) is 0 Å². The van der Waals surface area contributed by atoms with Gasteiger partial charge in [-0.2, -0.15) is 10.2 Å². The Morgan fingerprint density at radius 2 is 1.75 bits per heavy atom. The standard InChI is InChI=1S/C31H31N7OS/c1-19(2)27-24(15-21-16-36(3)35-30(21)32-27)31-33-28(29(37(31)4)20-13-14-20)23-11-8-12-26-25(23)17-38(34-26)18-40(39)22-9-6-5-7-10-22/h5-12,15-17,19-20H,13-14,18H2,1-4H3/t40-/m1/s1. The van der Waals surface area contributed by atoms with E-state index in [0.717, 1.165) is 68.0 Å². The quantitative estimate of drug-likeness (QED) is 0.238. The molecule has 1 aliphatic rings. The molecule has 0 N–H and O–H groups in total. The Hall–Kier alpha value is -4.11. The summed E-state index contributed by atoms with van der Waals surface area (Å²) in [6, 6.07) is 17.9. The van der Waals surface area contributed by atoms with E-state index in [4.69, 9.17) is 15.1 Å². The van der Waals surface area contributed by atoms with Gasteiger partial charge in [-0.1, -0.05) is 44.2 Å². The molecule has 1 atom stereocenters. The van der Waals surface area contributed by atoms with E-state index in [9.17, 15) is 4.21 Å². The van der Waals surface area contributed by atoms with Gasteiger partial charge in [0.2, 0.25) is 0 Å². The average Bonchev–Trinajstić information content (AvgIpc) is 3.44. The molecule has 0 unspecified atom stereocenters. The Kier molecular flexibility index (Phi) is 5.92. The molecule has 0 bridgehead atoms. The van der Waals surface area contributed by atoms with Crippen LogP contribution in [0, 0.1) is 0 Å². The van der Waals surface area contributed by atoms with Crippen molar-refractivity contribution < 1.29 is 4.21 Å². The van der Waals surface area contributed by atoms with Gasteiger partial charge in [0.05, 0.1) is 27.7 Å². The Labute approximate surface area is 235 Å². The van der Waals surface area contributed by atoms with E-state index in [-0.39, 0.29) is 5.92 Å². The number of fused-ring (bicyclic) bond motifs is 2. The Morgan fingerprint density at radius 3 is 2.50 bits per heavy atom. The molecule has 1 aliphatic carbocycles. The van der Waals surface area contributed by atoms with E-state index >= 15 is 0 Å². The highest BCUT2D eigenvalue weighted by Crippen LogP contribution is 2.47. The summed E-state index contributed by atoms with van der Waals surface area (Å²) in [6.45, 7) is 4.33. The number of hydrogen-bond acceptors (Lipinski definition) is 5. The lowest BCUT2D eigenvalue weighted by atomic mass is 10.0. The molecule has 0 saturated heterocycles. The van der Waals surface area contributed by atoms with Crippen molar-refractivity contribution in [3.63, 3.8) is 0 Å². The van der Waals surface area contributed by atoms with E-state index in [0.29, 0.717) is 11.8 Å². The van der Waals surface area contributed by atoms with Crippen molar-refractivity contribution in [1.29, 1.82) is 0 Å². The van der Waals surface area contributed by atoms with E-state index in [1.165, 1.54) is 5.69 Å². The van der Waals surface area contributed by atoms with Crippen LogP contribution in [0.5, 0.6) is 0 Å². The van der Waals surface area contributed by atoms with Crippen LogP contribution < -0.4 is 0 Å². The van der Waals surface area contributed by atoms with Crippen molar-refractivity contribution in [1.82, 2.24) is 34.1 Å². The highest BCUT2D eigenvalue weighted by atomic mass is 32.2. The maximum Gasteiger partial charge on any atom is 0.181 e. The van der Waals surface area contributed by atoms with Crippen molar-refractivity contribution >= 4 is 32.7 Å². The van der Waals surface area contributed by atoms with Crippen LogP contribution in [-0.2, 0) is 30.8 Å². The number of benzene rings is 2. The van der Waals surface area contributed by atoms with Gasteiger partial charge in [-0.15, -0.1) is 0 Å². The Balaban J connectivity index is 1.36. The van der Waals surface area contributed by atoms with Crippen molar-refractivity contribution in [3.8, 4) is 22.6 Å². The zero-order valence-corrected chi connectivity index (χ0v) is 23.9. The monoisotopic (exact) mass is 549 g/mol. The highest BCUT2D eigenvalue weighted by Gasteiger charge is 2.33. The summed E-state index contributed by atoms with van der Waals surface area (Å²) in [4.78, 5) is 11.1. The summed E-state index contributed by atoms with van der Waals surface area (Å²) < 4.78 is 18.9. The van der Waals surface area contributed by atoms with Crippen LogP contribution in [0.4, 0.5) is 0 Å². The lowest BCUT2D eigenvalue weighted by Crippen LogP contribution is -2.05. The molecule has 0 aliphatic heterocycles. The molecule has 0 spiro atoms. The second kappa shape index (κ2) is 9.52. The summed E-state index contributed by atoms with van der Waals surface area (Å²) >= 11 is 0. The summed E-state index contributed by atoms with van der Waals surface area (Å²) in [5.74, 6) is 1.93. The maximum atomic E-state index is 13.0. The number of pyridine rings is 1. The van der Waals surface area contributed by atoms with E-state index < -0.39 is 10.8 Å². The fourth-order valence-electron chi connectivity index (χ4n) is 5.61. The van der Waals surface area contributed by atoms with E-state index in [1.807, 2.05) is 66.6 Å². The Bertz CT molecular complexity index is 1910.